The maximum absolute atomic E-state index is 14.4. The second kappa shape index (κ2) is 10.1. The standard InChI is InChI=1S/C22H24BrFN4O8/c1-35-18-16(29)14-15(26-21(31)27-20(14)25-13-3-2-11(23)8-12(13)24)17(30)19(18)36-9-10-4-6-28(7-5-10)22(32,33)34/h2-3,8,10,29-30,32-34H,4-7,9H2,1H3,(H2,25,26,27,31). The van der Waals surface area contributed by atoms with Crippen molar-refractivity contribution in [1.29, 1.82) is 0 Å². The first-order chi connectivity index (χ1) is 17.0. The number of ether oxygens (including phenoxy) is 2. The van der Waals surface area contributed by atoms with Gasteiger partial charge in [0.1, 0.15) is 17.2 Å². The van der Waals surface area contributed by atoms with Gasteiger partial charge < -0.3 is 45.3 Å². The molecular formula is C22H24BrFN4O8. The maximum atomic E-state index is 14.4. The fourth-order valence-electron chi connectivity index (χ4n) is 4.06. The van der Waals surface area contributed by atoms with Crippen molar-refractivity contribution < 1.29 is 39.4 Å². The molecular weight excluding hydrogens is 547 g/mol. The van der Waals surface area contributed by atoms with Crippen LogP contribution in [0, 0.1) is 11.7 Å². The quantitative estimate of drug-likeness (QED) is 0.162. The van der Waals surface area contributed by atoms with Crippen LogP contribution in [0.15, 0.2) is 27.5 Å². The minimum atomic E-state index is -2.90. The van der Waals surface area contributed by atoms with Gasteiger partial charge >= 0.3 is 11.8 Å². The molecule has 1 aromatic heterocycles. The molecule has 1 aliphatic heterocycles. The molecule has 2 aromatic carbocycles. The SMILES string of the molecule is COc1c(OCC2CCN(C(O)(O)O)CC2)c(O)c2[nH]c(=O)nc(Nc3ccc(Br)cc3F)c2c1O. The van der Waals surface area contributed by atoms with Crippen LogP contribution in [0.25, 0.3) is 10.9 Å². The number of methoxy groups -OCH3 is 1. The van der Waals surface area contributed by atoms with E-state index in [1.165, 1.54) is 19.2 Å². The van der Waals surface area contributed by atoms with Crippen LogP contribution in [0.4, 0.5) is 15.9 Å². The average Bonchev–Trinajstić information content (AvgIpc) is 2.81. The molecule has 0 radical (unpaired) electrons. The molecule has 0 aliphatic carbocycles. The Labute approximate surface area is 211 Å². The number of aromatic nitrogens is 2. The molecule has 0 bridgehead atoms. The Morgan fingerprint density at radius 1 is 1.22 bits per heavy atom. The number of aliphatic hydroxyl groups is 3. The zero-order valence-electron chi connectivity index (χ0n) is 19.0. The number of aromatic hydroxyl groups is 2. The lowest BCUT2D eigenvalue weighted by Gasteiger charge is -2.36. The number of benzene rings is 2. The van der Waals surface area contributed by atoms with Crippen LogP contribution in [0.2, 0.25) is 0 Å². The number of halogens is 2. The second-order valence-corrected chi connectivity index (χ2v) is 9.21. The topological polar surface area (TPSA) is 181 Å². The predicted octanol–water partition coefficient (Wildman–Crippen LogP) is 1.67. The fourth-order valence-corrected chi connectivity index (χ4v) is 4.39. The molecule has 36 heavy (non-hydrogen) atoms. The third-order valence-electron chi connectivity index (χ3n) is 5.93. The summed E-state index contributed by atoms with van der Waals surface area (Å²) < 4.78 is 25.9. The molecule has 0 saturated carbocycles. The summed E-state index contributed by atoms with van der Waals surface area (Å²) in [6.45, 7) is 0.428. The number of piperidine rings is 1. The van der Waals surface area contributed by atoms with Gasteiger partial charge in [-0.05, 0) is 37.0 Å². The number of phenolic OH excluding ortho intramolecular Hbond substituents is 2. The highest BCUT2D eigenvalue weighted by molar-refractivity contribution is 9.10. The van der Waals surface area contributed by atoms with Gasteiger partial charge in [-0.2, -0.15) is 4.98 Å². The average molecular weight is 571 g/mol. The Balaban J connectivity index is 1.67. The maximum Gasteiger partial charge on any atom is 0.347 e. The number of nitrogens with one attached hydrogen (secondary N) is 2. The van der Waals surface area contributed by atoms with E-state index in [-0.39, 0.29) is 59.5 Å². The molecule has 7 N–H and O–H groups in total. The monoisotopic (exact) mass is 570 g/mol. The van der Waals surface area contributed by atoms with Crippen LogP contribution in [0.1, 0.15) is 12.8 Å². The number of rotatable bonds is 7. The summed E-state index contributed by atoms with van der Waals surface area (Å²) in [5, 5.41) is 52.4. The number of nitrogens with zero attached hydrogens (tertiary/aromatic N) is 2. The van der Waals surface area contributed by atoms with Crippen molar-refractivity contribution in [2.45, 2.75) is 18.9 Å². The molecule has 194 valence electrons. The van der Waals surface area contributed by atoms with Gasteiger partial charge in [-0.3, -0.25) is 0 Å². The molecule has 1 fully saturated rings. The molecule has 0 unspecified atom stereocenters. The molecule has 12 nitrogen and oxygen atoms in total. The molecule has 1 aliphatic rings. The van der Waals surface area contributed by atoms with Gasteiger partial charge in [0.25, 0.3) is 0 Å². The van der Waals surface area contributed by atoms with E-state index in [4.69, 9.17) is 9.47 Å². The van der Waals surface area contributed by atoms with Crippen molar-refractivity contribution in [3.8, 4) is 23.0 Å². The number of hydrogen-bond acceptors (Lipinski definition) is 11. The van der Waals surface area contributed by atoms with Gasteiger partial charge in [-0.25, -0.2) is 14.1 Å². The predicted molar refractivity (Wildman–Crippen MR) is 129 cm³/mol. The highest BCUT2D eigenvalue weighted by Gasteiger charge is 2.33. The lowest BCUT2D eigenvalue weighted by molar-refractivity contribution is -0.396. The van der Waals surface area contributed by atoms with E-state index in [1.54, 1.807) is 6.07 Å². The number of fused-ring (bicyclic) bond motifs is 1. The summed E-state index contributed by atoms with van der Waals surface area (Å²) in [5.41, 5.74) is -1.11. The normalized spacial score (nSPS) is 15.3. The van der Waals surface area contributed by atoms with Crippen LogP contribution in [-0.4, -0.2) is 73.3 Å². The zero-order chi connectivity index (χ0) is 26.2. The number of likely N-dealkylation sites (tertiary alicyclic amines) is 1. The lowest BCUT2D eigenvalue weighted by Crippen LogP contribution is -2.52. The first kappa shape index (κ1) is 25.9. The molecule has 0 atom stereocenters. The third-order valence-corrected chi connectivity index (χ3v) is 6.43. The van der Waals surface area contributed by atoms with Gasteiger partial charge in [-0.15, -0.1) is 0 Å². The summed E-state index contributed by atoms with van der Waals surface area (Å²) >= 11 is 3.16. The molecule has 14 heteroatoms. The van der Waals surface area contributed by atoms with Crippen molar-refractivity contribution >= 4 is 38.3 Å². The van der Waals surface area contributed by atoms with Crippen molar-refractivity contribution in [2.75, 3.05) is 32.1 Å². The Kier molecular flexibility index (Phi) is 7.24. The molecule has 4 rings (SSSR count). The lowest BCUT2D eigenvalue weighted by atomic mass is 9.98. The Hall–Kier alpha value is -3.17. The van der Waals surface area contributed by atoms with Gasteiger partial charge in [0, 0.05) is 17.6 Å². The van der Waals surface area contributed by atoms with E-state index >= 15 is 0 Å². The van der Waals surface area contributed by atoms with E-state index < -0.39 is 29.1 Å². The third kappa shape index (κ3) is 5.17. The second-order valence-electron chi connectivity index (χ2n) is 8.29. The highest BCUT2D eigenvalue weighted by atomic mass is 79.9. The summed E-state index contributed by atoms with van der Waals surface area (Å²) in [4.78, 5) is 19.5. The summed E-state index contributed by atoms with van der Waals surface area (Å²) in [6, 6.07) is 4.17. The highest BCUT2D eigenvalue weighted by Crippen LogP contribution is 2.51. The zero-order valence-corrected chi connectivity index (χ0v) is 20.5. The molecule has 0 amide bonds. The summed E-state index contributed by atoms with van der Waals surface area (Å²) in [6.07, 6.45) is -2.01. The summed E-state index contributed by atoms with van der Waals surface area (Å²) in [5.74, 6) is -2.46. The van der Waals surface area contributed by atoms with Crippen LogP contribution >= 0.6 is 15.9 Å². The van der Waals surface area contributed by atoms with E-state index in [0.29, 0.717) is 17.3 Å². The molecule has 0 spiro atoms. The smallest absolute Gasteiger partial charge is 0.347 e. The van der Waals surface area contributed by atoms with Crippen LogP contribution in [-0.2, 0) is 0 Å². The van der Waals surface area contributed by atoms with Gasteiger partial charge in [0.2, 0.25) is 11.5 Å². The molecule has 3 aromatic rings. The Morgan fingerprint density at radius 3 is 2.53 bits per heavy atom. The Morgan fingerprint density at radius 2 is 1.92 bits per heavy atom. The minimum absolute atomic E-state index is 0.0280. The number of hydrogen-bond donors (Lipinski definition) is 7. The van der Waals surface area contributed by atoms with Crippen molar-refractivity contribution in [3.63, 3.8) is 0 Å². The van der Waals surface area contributed by atoms with Crippen molar-refractivity contribution in [3.05, 3.63) is 39.0 Å². The Bertz CT molecular complexity index is 1340. The van der Waals surface area contributed by atoms with Gasteiger partial charge in [-0.1, -0.05) is 15.9 Å². The van der Waals surface area contributed by atoms with Crippen molar-refractivity contribution in [2.24, 2.45) is 5.92 Å². The minimum Gasteiger partial charge on any atom is -0.504 e. The number of anilines is 2. The van der Waals surface area contributed by atoms with E-state index in [0.717, 1.165) is 4.90 Å². The fraction of sp³-hybridized carbons (Fsp3) is 0.364. The van der Waals surface area contributed by atoms with Crippen LogP contribution < -0.4 is 20.5 Å². The van der Waals surface area contributed by atoms with E-state index in [9.17, 15) is 34.7 Å². The number of H-pyrrole nitrogens is 1. The van der Waals surface area contributed by atoms with Crippen molar-refractivity contribution in [1.82, 2.24) is 14.9 Å². The summed E-state index contributed by atoms with van der Waals surface area (Å²) in [7, 11) is 1.25. The number of aromatic amines is 1. The van der Waals surface area contributed by atoms with Crippen LogP contribution in [0.3, 0.4) is 0 Å². The first-order valence-electron chi connectivity index (χ1n) is 10.8. The first-order valence-corrected chi connectivity index (χ1v) is 11.6. The van der Waals surface area contributed by atoms with E-state index in [2.05, 4.69) is 31.2 Å². The largest absolute Gasteiger partial charge is 0.504 e. The molecule has 1 saturated heterocycles. The van der Waals surface area contributed by atoms with Crippen LogP contribution in [0.5, 0.6) is 23.0 Å². The van der Waals surface area contributed by atoms with E-state index in [1.807, 2.05) is 0 Å². The van der Waals surface area contributed by atoms with Gasteiger partial charge in [0.15, 0.2) is 11.5 Å². The number of phenols is 2. The van der Waals surface area contributed by atoms with Gasteiger partial charge in [0.05, 0.1) is 24.8 Å². The molecule has 2 heterocycles.